The molecule has 122 valence electrons. The van der Waals surface area contributed by atoms with E-state index in [9.17, 15) is 4.79 Å². The van der Waals surface area contributed by atoms with E-state index in [1.165, 1.54) is 11.3 Å². The lowest BCUT2D eigenvalue weighted by Crippen LogP contribution is -2.19. The minimum Gasteiger partial charge on any atom is -0.308 e. The molecule has 0 fully saturated rings. The van der Waals surface area contributed by atoms with Gasteiger partial charge in [0.1, 0.15) is 5.01 Å². The van der Waals surface area contributed by atoms with Crippen LogP contribution in [0.2, 0.25) is 10.0 Å². The van der Waals surface area contributed by atoms with Gasteiger partial charge in [-0.15, -0.1) is 10.2 Å². The van der Waals surface area contributed by atoms with Crippen LogP contribution in [0, 0.1) is 0 Å². The van der Waals surface area contributed by atoms with Gasteiger partial charge in [-0.3, -0.25) is 5.32 Å². The summed E-state index contributed by atoms with van der Waals surface area (Å²) < 4.78 is 0. The van der Waals surface area contributed by atoms with Gasteiger partial charge in [-0.05, 0) is 29.8 Å². The van der Waals surface area contributed by atoms with E-state index in [1.807, 2.05) is 24.3 Å². The molecule has 0 saturated carbocycles. The fraction of sp³-hybridized carbons (Fsp3) is 0.0625. The van der Waals surface area contributed by atoms with Crippen LogP contribution in [-0.4, -0.2) is 16.2 Å². The van der Waals surface area contributed by atoms with Crippen molar-refractivity contribution in [3.8, 4) is 0 Å². The molecule has 0 spiro atoms. The molecule has 2 aromatic carbocycles. The van der Waals surface area contributed by atoms with Gasteiger partial charge in [0.2, 0.25) is 5.13 Å². The number of amides is 2. The van der Waals surface area contributed by atoms with Gasteiger partial charge >= 0.3 is 6.03 Å². The maximum absolute atomic E-state index is 11.9. The molecule has 0 bridgehead atoms. The van der Waals surface area contributed by atoms with E-state index in [2.05, 4.69) is 20.8 Å². The van der Waals surface area contributed by atoms with Gasteiger partial charge in [0.25, 0.3) is 0 Å². The molecule has 0 aliphatic heterocycles. The summed E-state index contributed by atoms with van der Waals surface area (Å²) in [5.74, 6) is 0. The van der Waals surface area contributed by atoms with Crippen LogP contribution < -0.4 is 10.6 Å². The van der Waals surface area contributed by atoms with Crippen molar-refractivity contribution in [2.75, 3.05) is 10.6 Å². The highest BCUT2D eigenvalue weighted by molar-refractivity contribution is 7.15. The highest BCUT2D eigenvalue weighted by atomic mass is 35.5. The molecule has 0 radical (unpaired) electrons. The van der Waals surface area contributed by atoms with Gasteiger partial charge in [-0.1, -0.05) is 58.8 Å². The van der Waals surface area contributed by atoms with Crippen molar-refractivity contribution in [1.29, 1.82) is 0 Å². The number of rotatable bonds is 4. The molecule has 5 nitrogen and oxygen atoms in total. The summed E-state index contributed by atoms with van der Waals surface area (Å²) in [4.78, 5) is 11.9. The van der Waals surface area contributed by atoms with Gasteiger partial charge < -0.3 is 5.32 Å². The summed E-state index contributed by atoms with van der Waals surface area (Å²) in [6.07, 6.45) is 0.566. The van der Waals surface area contributed by atoms with Gasteiger partial charge in [-0.25, -0.2) is 4.79 Å². The van der Waals surface area contributed by atoms with Crippen LogP contribution in [0.3, 0.4) is 0 Å². The van der Waals surface area contributed by atoms with Crippen LogP contribution in [0.25, 0.3) is 0 Å². The fourth-order valence-corrected chi connectivity index (χ4v) is 3.07. The Morgan fingerprint density at radius 1 is 1.00 bits per heavy atom. The van der Waals surface area contributed by atoms with Crippen LogP contribution in [0.4, 0.5) is 15.6 Å². The number of urea groups is 1. The lowest BCUT2D eigenvalue weighted by molar-refractivity contribution is 0.262. The van der Waals surface area contributed by atoms with E-state index in [1.54, 1.807) is 24.3 Å². The fourth-order valence-electron chi connectivity index (χ4n) is 1.98. The van der Waals surface area contributed by atoms with Crippen LogP contribution >= 0.6 is 34.5 Å². The number of carbonyl (C=O) groups is 1. The first kappa shape index (κ1) is 16.7. The molecule has 0 atom stereocenters. The molecule has 0 saturated heterocycles. The van der Waals surface area contributed by atoms with Crippen LogP contribution in [0.1, 0.15) is 10.6 Å². The number of anilines is 2. The standard InChI is InChI=1S/C16H12Cl2N4OS/c17-12-7-6-10(8-13(12)18)9-14-21-22-16(24-14)20-15(23)19-11-4-2-1-3-5-11/h1-8H,9H2,(H2,19,20,22,23). The van der Waals surface area contributed by atoms with E-state index in [4.69, 9.17) is 23.2 Å². The van der Waals surface area contributed by atoms with Crippen molar-refractivity contribution < 1.29 is 4.79 Å². The minimum absolute atomic E-state index is 0.363. The predicted molar refractivity (Wildman–Crippen MR) is 98.3 cm³/mol. The summed E-state index contributed by atoms with van der Waals surface area (Å²) in [6.45, 7) is 0. The zero-order valence-electron chi connectivity index (χ0n) is 12.3. The third-order valence-corrected chi connectivity index (χ3v) is 4.64. The molecule has 2 N–H and O–H groups in total. The SMILES string of the molecule is O=C(Nc1ccccc1)Nc1nnc(Cc2ccc(Cl)c(Cl)c2)s1. The summed E-state index contributed by atoms with van der Waals surface area (Å²) in [7, 11) is 0. The predicted octanol–water partition coefficient (Wildman–Crippen LogP) is 5.08. The van der Waals surface area contributed by atoms with Gasteiger partial charge in [0.05, 0.1) is 10.0 Å². The van der Waals surface area contributed by atoms with Crippen LogP contribution in [0.5, 0.6) is 0 Å². The van der Waals surface area contributed by atoms with Crippen molar-refractivity contribution in [1.82, 2.24) is 10.2 Å². The molecule has 0 aliphatic carbocycles. The Hall–Kier alpha value is -2.15. The van der Waals surface area contributed by atoms with Gasteiger partial charge in [0.15, 0.2) is 0 Å². The number of hydrogen-bond donors (Lipinski definition) is 2. The number of carbonyl (C=O) groups excluding carboxylic acids is 1. The molecule has 3 rings (SSSR count). The van der Waals surface area contributed by atoms with Gasteiger partial charge in [-0.2, -0.15) is 0 Å². The van der Waals surface area contributed by atoms with Crippen LogP contribution in [0.15, 0.2) is 48.5 Å². The Morgan fingerprint density at radius 2 is 1.79 bits per heavy atom. The van der Waals surface area contributed by atoms with Crippen molar-refractivity contribution in [2.45, 2.75) is 6.42 Å². The lowest BCUT2D eigenvalue weighted by Gasteiger charge is -2.04. The second-order valence-corrected chi connectivity index (χ2v) is 6.75. The van der Waals surface area contributed by atoms with Gasteiger partial charge in [0, 0.05) is 12.1 Å². The Kier molecular flexibility index (Phi) is 5.30. The number of halogens is 2. The Bertz CT molecular complexity index is 854. The first-order valence-electron chi connectivity index (χ1n) is 6.99. The number of nitrogens with zero attached hydrogens (tertiary/aromatic N) is 2. The maximum atomic E-state index is 11.9. The Morgan fingerprint density at radius 3 is 2.54 bits per heavy atom. The summed E-state index contributed by atoms with van der Waals surface area (Å²) in [5.41, 5.74) is 1.68. The minimum atomic E-state index is -0.363. The highest BCUT2D eigenvalue weighted by Gasteiger charge is 2.09. The molecule has 8 heteroatoms. The summed E-state index contributed by atoms with van der Waals surface area (Å²) >= 11 is 13.2. The first-order chi connectivity index (χ1) is 11.6. The number of para-hydroxylation sites is 1. The molecule has 2 amide bonds. The molecule has 1 heterocycles. The molecule has 1 aromatic heterocycles. The second kappa shape index (κ2) is 7.61. The van der Waals surface area contributed by atoms with Crippen molar-refractivity contribution >= 4 is 51.4 Å². The molecule has 3 aromatic rings. The van der Waals surface area contributed by atoms with E-state index >= 15 is 0 Å². The van der Waals surface area contributed by atoms with Crippen molar-refractivity contribution in [3.05, 3.63) is 69.1 Å². The Balaban J connectivity index is 1.60. The van der Waals surface area contributed by atoms with E-state index in [-0.39, 0.29) is 6.03 Å². The normalized spacial score (nSPS) is 10.4. The van der Waals surface area contributed by atoms with E-state index in [0.717, 1.165) is 10.6 Å². The number of nitrogens with one attached hydrogen (secondary N) is 2. The third kappa shape index (κ3) is 4.44. The smallest absolute Gasteiger partial charge is 0.308 e. The first-order valence-corrected chi connectivity index (χ1v) is 8.57. The van der Waals surface area contributed by atoms with Crippen LogP contribution in [-0.2, 0) is 6.42 Å². The molecule has 0 unspecified atom stereocenters. The average molecular weight is 379 g/mol. The maximum Gasteiger partial charge on any atom is 0.325 e. The average Bonchev–Trinajstić information content (AvgIpc) is 2.98. The zero-order valence-corrected chi connectivity index (χ0v) is 14.6. The topological polar surface area (TPSA) is 66.9 Å². The molecular weight excluding hydrogens is 367 g/mol. The Labute approximate surface area is 152 Å². The molecule has 0 aliphatic rings. The zero-order chi connectivity index (χ0) is 16.9. The van der Waals surface area contributed by atoms with E-state index in [0.29, 0.717) is 27.3 Å². The van der Waals surface area contributed by atoms with Crippen molar-refractivity contribution in [3.63, 3.8) is 0 Å². The lowest BCUT2D eigenvalue weighted by atomic mass is 10.2. The third-order valence-electron chi connectivity index (χ3n) is 3.06. The summed E-state index contributed by atoms with van der Waals surface area (Å²) in [5, 5.41) is 15.6. The summed E-state index contributed by atoms with van der Waals surface area (Å²) in [6, 6.07) is 14.2. The molecular formula is C16H12Cl2N4OS. The second-order valence-electron chi connectivity index (χ2n) is 4.87. The monoisotopic (exact) mass is 378 g/mol. The quantitative estimate of drug-likeness (QED) is 0.664. The van der Waals surface area contributed by atoms with Crippen molar-refractivity contribution in [2.24, 2.45) is 0 Å². The highest BCUT2D eigenvalue weighted by Crippen LogP contribution is 2.25. The number of benzene rings is 2. The number of aromatic nitrogens is 2. The molecule has 24 heavy (non-hydrogen) atoms. The number of hydrogen-bond acceptors (Lipinski definition) is 4. The van der Waals surface area contributed by atoms with E-state index < -0.39 is 0 Å². The largest absolute Gasteiger partial charge is 0.325 e.